The van der Waals surface area contributed by atoms with Crippen LogP contribution in [0.25, 0.3) is 0 Å². The third-order valence-corrected chi connectivity index (χ3v) is 5.08. The number of amides is 1. The van der Waals surface area contributed by atoms with E-state index in [1.807, 2.05) is 0 Å². The molecule has 2 fully saturated rings. The molecule has 16 heavy (non-hydrogen) atoms. The lowest BCUT2D eigenvalue weighted by Crippen LogP contribution is -2.68. The van der Waals surface area contributed by atoms with Gasteiger partial charge in [0.25, 0.3) is 0 Å². The summed E-state index contributed by atoms with van der Waals surface area (Å²) >= 11 is 0. The molecular formula is C12H21NO3. The Balaban J connectivity index is 2.44. The summed E-state index contributed by atoms with van der Waals surface area (Å²) in [6.07, 6.45) is 0.844. The maximum atomic E-state index is 11.4. The Hall–Kier alpha value is -0.610. The molecule has 3 unspecified atom stereocenters. The Labute approximate surface area is 96.4 Å². The highest BCUT2D eigenvalue weighted by Gasteiger charge is 2.67. The number of hydrogen-bond donors (Lipinski definition) is 2. The second-order valence-electron chi connectivity index (χ2n) is 6.00. The molecule has 1 saturated carbocycles. The average Bonchev–Trinajstić information content (AvgIpc) is 2.31. The van der Waals surface area contributed by atoms with Gasteiger partial charge in [0.15, 0.2) is 6.29 Å². The van der Waals surface area contributed by atoms with Crippen LogP contribution in [0.5, 0.6) is 0 Å². The number of fused-ring (bicyclic) bond motifs is 2. The van der Waals surface area contributed by atoms with Crippen molar-refractivity contribution in [2.75, 3.05) is 6.61 Å². The van der Waals surface area contributed by atoms with Crippen molar-refractivity contribution < 1.29 is 14.6 Å². The summed E-state index contributed by atoms with van der Waals surface area (Å²) in [4.78, 5) is 11.4. The smallest absolute Gasteiger partial charge is 0.217 e. The van der Waals surface area contributed by atoms with E-state index in [4.69, 9.17) is 4.74 Å². The van der Waals surface area contributed by atoms with Gasteiger partial charge in [0.1, 0.15) is 0 Å². The highest BCUT2D eigenvalue weighted by molar-refractivity contribution is 5.74. The molecule has 2 N–H and O–H groups in total. The molecule has 1 heterocycles. The molecule has 1 amide bonds. The molecule has 2 rings (SSSR count). The molecule has 0 spiro atoms. The maximum absolute atomic E-state index is 11.4. The van der Waals surface area contributed by atoms with Gasteiger partial charge in [-0.2, -0.15) is 0 Å². The Morgan fingerprint density at radius 1 is 1.38 bits per heavy atom. The van der Waals surface area contributed by atoms with Crippen LogP contribution in [-0.2, 0) is 9.53 Å². The first-order chi connectivity index (χ1) is 7.25. The van der Waals surface area contributed by atoms with E-state index in [2.05, 4.69) is 26.1 Å². The first kappa shape index (κ1) is 11.9. The Morgan fingerprint density at radius 3 is 2.56 bits per heavy atom. The van der Waals surface area contributed by atoms with Crippen molar-refractivity contribution in [3.05, 3.63) is 0 Å². The van der Waals surface area contributed by atoms with Crippen molar-refractivity contribution in [2.45, 2.75) is 52.4 Å². The highest BCUT2D eigenvalue weighted by Crippen LogP contribution is 2.62. The monoisotopic (exact) mass is 227 g/mol. The Morgan fingerprint density at radius 2 is 2.00 bits per heavy atom. The molecular weight excluding hydrogens is 206 g/mol. The van der Waals surface area contributed by atoms with Gasteiger partial charge in [-0.1, -0.05) is 20.8 Å². The van der Waals surface area contributed by atoms with Crippen LogP contribution in [0, 0.1) is 10.8 Å². The van der Waals surface area contributed by atoms with Crippen LogP contribution in [0.1, 0.15) is 40.5 Å². The summed E-state index contributed by atoms with van der Waals surface area (Å²) in [6.45, 7) is 8.44. The van der Waals surface area contributed by atoms with Gasteiger partial charge in [-0.3, -0.25) is 4.79 Å². The fourth-order valence-corrected chi connectivity index (χ4v) is 3.32. The number of carbonyl (C=O) groups is 1. The van der Waals surface area contributed by atoms with Gasteiger partial charge in [-0.25, -0.2) is 0 Å². The van der Waals surface area contributed by atoms with E-state index < -0.39 is 11.8 Å². The van der Waals surface area contributed by atoms with Gasteiger partial charge in [-0.05, 0) is 18.3 Å². The lowest BCUT2D eigenvalue weighted by Gasteiger charge is -2.54. The first-order valence-corrected chi connectivity index (χ1v) is 5.84. The predicted octanol–water partition coefficient (Wildman–Crippen LogP) is 1.04. The molecule has 0 aromatic rings. The molecule has 3 atom stereocenters. The minimum absolute atomic E-state index is 0.0225. The van der Waals surface area contributed by atoms with Gasteiger partial charge in [0, 0.05) is 12.3 Å². The molecule has 92 valence electrons. The largest absolute Gasteiger partial charge is 0.366 e. The minimum atomic E-state index is -0.901. The van der Waals surface area contributed by atoms with Crippen LogP contribution in [0.4, 0.5) is 0 Å². The summed E-state index contributed by atoms with van der Waals surface area (Å²) in [5.41, 5.74) is -0.774. The number of hydrogen-bond acceptors (Lipinski definition) is 3. The lowest BCUT2D eigenvalue weighted by molar-refractivity contribution is -0.240. The van der Waals surface area contributed by atoms with Crippen molar-refractivity contribution in [3.63, 3.8) is 0 Å². The van der Waals surface area contributed by atoms with Crippen LogP contribution >= 0.6 is 0 Å². The lowest BCUT2D eigenvalue weighted by atomic mass is 9.61. The molecule has 1 aliphatic heterocycles. The summed E-state index contributed by atoms with van der Waals surface area (Å²) in [5.74, 6) is -0.109. The van der Waals surface area contributed by atoms with Gasteiger partial charge in [0.05, 0.1) is 12.1 Å². The van der Waals surface area contributed by atoms with E-state index in [0.717, 1.165) is 12.8 Å². The molecule has 1 aliphatic carbocycles. The number of rotatable bonds is 1. The number of aliphatic hydroxyl groups is 1. The minimum Gasteiger partial charge on any atom is -0.366 e. The fourth-order valence-electron chi connectivity index (χ4n) is 3.32. The van der Waals surface area contributed by atoms with Crippen LogP contribution in [0.3, 0.4) is 0 Å². The van der Waals surface area contributed by atoms with Gasteiger partial charge in [0.2, 0.25) is 5.91 Å². The molecule has 0 aromatic carbocycles. The zero-order valence-corrected chi connectivity index (χ0v) is 10.5. The summed E-state index contributed by atoms with van der Waals surface area (Å²) in [6, 6.07) is 0. The van der Waals surface area contributed by atoms with Crippen molar-refractivity contribution in [1.29, 1.82) is 0 Å². The molecule has 0 radical (unpaired) electrons. The topological polar surface area (TPSA) is 58.6 Å². The second kappa shape index (κ2) is 3.20. The normalized spacial score (nSPS) is 45.4. The number of ether oxygens (including phenoxy) is 1. The van der Waals surface area contributed by atoms with E-state index in [0.29, 0.717) is 6.61 Å². The standard InChI is InChI=1S/C12H21NO3/c1-8(14)13-12-6-5-11(4,10(12,2)3)7-16-9(12)15/h9,15H,5-7H2,1-4H3,(H,13,14). The van der Waals surface area contributed by atoms with Crippen molar-refractivity contribution >= 4 is 5.91 Å². The first-order valence-electron chi connectivity index (χ1n) is 5.84. The maximum Gasteiger partial charge on any atom is 0.217 e. The van der Waals surface area contributed by atoms with Crippen LogP contribution in [0.2, 0.25) is 0 Å². The van der Waals surface area contributed by atoms with E-state index in [1.165, 1.54) is 6.92 Å². The number of aliphatic hydroxyl groups excluding tert-OH is 1. The van der Waals surface area contributed by atoms with E-state index >= 15 is 0 Å². The third-order valence-electron chi connectivity index (χ3n) is 5.08. The molecule has 0 aromatic heterocycles. The zero-order valence-electron chi connectivity index (χ0n) is 10.5. The van der Waals surface area contributed by atoms with E-state index in [-0.39, 0.29) is 16.7 Å². The SMILES string of the molecule is CC(=O)NC12CCC(C)(COC1O)C2(C)C. The van der Waals surface area contributed by atoms with Crippen LogP contribution in [-0.4, -0.2) is 29.4 Å². The molecule has 1 saturated heterocycles. The summed E-state index contributed by atoms with van der Waals surface area (Å²) in [5, 5.41) is 13.0. The van der Waals surface area contributed by atoms with Crippen molar-refractivity contribution in [3.8, 4) is 0 Å². The highest BCUT2D eigenvalue weighted by atomic mass is 16.6. The predicted molar refractivity (Wildman–Crippen MR) is 59.6 cm³/mol. The summed E-state index contributed by atoms with van der Waals surface area (Å²) < 4.78 is 5.45. The van der Waals surface area contributed by atoms with E-state index in [1.54, 1.807) is 0 Å². The zero-order chi connectivity index (χ0) is 12.2. The van der Waals surface area contributed by atoms with Crippen molar-refractivity contribution in [2.24, 2.45) is 10.8 Å². The molecule has 2 bridgehead atoms. The van der Waals surface area contributed by atoms with E-state index in [9.17, 15) is 9.90 Å². The van der Waals surface area contributed by atoms with Crippen LogP contribution < -0.4 is 5.32 Å². The van der Waals surface area contributed by atoms with Crippen molar-refractivity contribution in [1.82, 2.24) is 5.32 Å². The Kier molecular flexibility index (Phi) is 2.37. The van der Waals surface area contributed by atoms with Crippen LogP contribution in [0.15, 0.2) is 0 Å². The van der Waals surface area contributed by atoms with Gasteiger partial charge >= 0.3 is 0 Å². The molecule has 4 nitrogen and oxygen atoms in total. The number of carbonyl (C=O) groups excluding carboxylic acids is 1. The average molecular weight is 227 g/mol. The quantitative estimate of drug-likeness (QED) is 0.703. The fraction of sp³-hybridized carbons (Fsp3) is 0.917. The molecule has 2 aliphatic rings. The Bertz CT molecular complexity index is 328. The molecule has 4 heteroatoms. The van der Waals surface area contributed by atoms with Gasteiger partial charge < -0.3 is 15.2 Å². The summed E-state index contributed by atoms with van der Waals surface area (Å²) in [7, 11) is 0. The number of nitrogens with one attached hydrogen (secondary N) is 1. The third kappa shape index (κ3) is 1.20. The second-order valence-corrected chi connectivity index (χ2v) is 6.00. The van der Waals surface area contributed by atoms with Gasteiger partial charge in [-0.15, -0.1) is 0 Å².